The lowest BCUT2D eigenvalue weighted by atomic mass is 10.1. The van der Waals surface area contributed by atoms with Gasteiger partial charge in [-0.2, -0.15) is 5.10 Å². The molecule has 214 valence electrons. The largest absolute Gasteiger partial charge is 0.492 e. The second-order valence-electron chi connectivity index (χ2n) is 9.95. The van der Waals surface area contributed by atoms with Crippen LogP contribution in [-0.2, 0) is 14.8 Å². The first kappa shape index (κ1) is 29.6. The number of ether oxygens (including phenoxy) is 1. The van der Waals surface area contributed by atoms with Gasteiger partial charge in [0.15, 0.2) is 0 Å². The van der Waals surface area contributed by atoms with E-state index in [1.807, 2.05) is 33.8 Å². The minimum absolute atomic E-state index is 0.0736. The highest BCUT2D eigenvalue weighted by molar-refractivity contribution is 7.92. The van der Waals surface area contributed by atoms with Crippen LogP contribution in [0.2, 0.25) is 0 Å². The molecular weight excluding hydrogens is 536 g/mol. The van der Waals surface area contributed by atoms with E-state index >= 15 is 0 Å². The van der Waals surface area contributed by atoms with Gasteiger partial charge in [0.1, 0.15) is 12.3 Å². The molecule has 0 saturated heterocycles. The number of rotatable bonds is 10. The average molecular weight is 573 g/mol. The van der Waals surface area contributed by atoms with Crippen molar-refractivity contribution in [2.75, 3.05) is 17.5 Å². The van der Waals surface area contributed by atoms with Gasteiger partial charge in [-0.3, -0.25) is 9.10 Å². The van der Waals surface area contributed by atoms with E-state index < -0.39 is 22.5 Å². The number of aryl methyl sites for hydroxylation is 4. The molecule has 0 spiro atoms. The van der Waals surface area contributed by atoms with E-state index in [9.17, 15) is 13.2 Å². The standard InChI is InChI=1S/C32H36N4O4S/c1-7-40-31-11-9-8-10-30(31)35(41(38,39)29-16-12-22(2)13-17-29)21-32(37)34-33-20-27-19-25(5)36(26(27)6)28-15-14-23(3)24(4)18-28/h8-20H,7,21H2,1-6H3,(H,34,37)/b33-20-. The molecule has 0 fully saturated rings. The molecule has 0 aliphatic heterocycles. The third-order valence-corrected chi connectivity index (χ3v) is 8.72. The van der Waals surface area contributed by atoms with Crippen LogP contribution in [0.25, 0.3) is 5.69 Å². The van der Waals surface area contributed by atoms with Crippen molar-refractivity contribution in [2.24, 2.45) is 5.10 Å². The Morgan fingerprint density at radius 3 is 2.34 bits per heavy atom. The van der Waals surface area contributed by atoms with Crippen molar-refractivity contribution in [1.29, 1.82) is 0 Å². The lowest BCUT2D eigenvalue weighted by molar-refractivity contribution is -0.119. The minimum atomic E-state index is -4.09. The van der Waals surface area contributed by atoms with E-state index in [-0.39, 0.29) is 10.6 Å². The van der Waals surface area contributed by atoms with Crippen LogP contribution in [0, 0.1) is 34.6 Å². The summed E-state index contributed by atoms with van der Waals surface area (Å²) in [5, 5.41) is 4.16. The monoisotopic (exact) mass is 572 g/mol. The van der Waals surface area contributed by atoms with E-state index in [0.717, 1.165) is 32.5 Å². The van der Waals surface area contributed by atoms with Crippen LogP contribution in [0.3, 0.4) is 0 Å². The van der Waals surface area contributed by atoms with Crippen LogP contribution in [0.5, 0.6) is 5.75 Å². The van der Waals surface area contributed by atoms with Gasteiger partial charge in [-0.1, -0.05) is 35.9 Å². The number of para-hydroxylation sites is 2. The summed E-state index contributed by atoms with van der Waals surface area (Å²) < 4.78 is 36.4. The smallest absolute Gasteiger partial charge is 0.264 e. The Morgan fingerprint density at radius 2 is 1.66 bits per heavy atom. The summed E-state index contributed by atoms with van der Waals surface area (Å²) in [7, 11) is -4.09. The number of benzene rings is 3. The zero-order valence-electron chi connectivity index (χ0n) is 24.3. The maximum absolute atomic E-state index is 13.7. The Kier molecular flexibility index (Phi) is 8.98. The van der Waals surface area contributed by atoms with Crippen molar-refractivity contribution in [1.82, 2.24) is 9.99 Å². The predicted octanol–water partition coefficient (Wildman–Crippen LogP) is 5.76. The number of sulfonamides is 1. The lowest BCUT2D eigenvalue weighted by Crippen LogP contribution is -2.39. The first-order valence-electron chi connectivity index (χ1n) is 13.4. The van der Waals surface area contributed by atoms with E-state index in [1.54, 1.807) is 42.6 Å². The molecule has 0 saturated carbocycles. The number of carbonyl (C=O) groups excluding carboxylic acids is 1. The number of hydrogen-bond donors (Lipinski definition) is 1. The second kappa shape index (κ2) is 12.4. The molecule has 1 heterocycles. The van der Waals surface area contributed by atoms with Crippen LogP contribution >= 0.6 is 0 Å². The molecule has 0 atom stereocenters. The fraction of sp³-hybridized carbons (Fsp3) is 0.250. The van der Waals surface area contributed by atoms with Crippen LogP contribution in [0.4, 0.5) is 5.69 Å². The number of anilines is 1. The Hall–Kier alpha value is -4.37. The molecule has 0 aliphatic rings. The molecule has 0 aliphatic carbocycles. The van der Waals surface area contributed by atoms with Crippen molar-refractivity contribution in [2.45, 2.75) is 46.4 Å². The Balaban J connectivity index is 1.59. The highest BCUT2D eigenvalue weighted by Gasteiger charge is 2.29. The van der Waals surface area contributed by atoms with Gasteiger partial charge >= 0.3 is 0 Å². The SMILES string of the molecule is CCOc1ccccc1N(CC(=O)N/N=C\c1cc(C)n(-c2ccc(C)c(C)c2)c1C)S(=O)(=O)c1ccc(C)cc1. The summed E-state index contributed by atoms with van der Waals surface area (Å²) in [6.07, 6.45) is 1.57. The summed E-state index contributed by atoms with van der Waals surface area (Å²) >= 11 is 0. The number of nitrogens with zero attached hydrogens (tertiary/aromatic N) is 3. The molecule has 8 nitrogen and oxygen atoms in total. The average Bonchev–Trinajstić information content (AvgIpc) is 3.22. The third kappa shape index (κ3) is 6.52. The Labute approximate surface area is 242 Å². The molecule has 1 amide bonds. The number of aromatic nitrogens is 1. The quantitative estimate of drug-likeness (QED) is 0.193. The first-order valence-corrected chi connectivity index (χ1v) is 14.9. The molecular formula is C32H36N4O4S. The maximum Gasteiger partial charge on any atom is 0.264 e. The van der Waals surface area contributed by atoms with Crippen molar-refractivity contribution in [3.63, 3.8) is 0 Å². The lowest BCUT2D eigenvalue weighted by Gasteiger charge is -2.25. The molecule has 1 N–H and O–H groups in total. The molecule has 3 aromatic carbocycles. The summed E-state index contributed by atoms with van der Waals surface area (Å²) in [6.45, 7) is 11.7. The van der Waals surface area contributed by atoms with Crippen molar-refractivity contribution in [3.05, 3.63) is 106 Å². The fourth-order valence-electron chi connectivity index (χ4n) is 4.60. The number of amides is 1. The van der Waals surface area contributed by atoms with Crippen LogP contribution in [0.1, 0.15) is 40.6 Å². The zero-order valence-corrected chi connectivity index (χ0v) is 25.1. The van der Waals surface area contributed by atoms with Crippen molar-refractivity contribution in [3.8, 4) is 11.4 Å². The fourth-order valence-corrected chi connectivity index (χ4v) is 6.03. The molecule has 0 bridgehead atoms. The number of hydrogen-bond acceptors (Lipinski definition) is 5. The molecule has 0 radical (unpaired) electrons. The Morgan fingerprint density at radius 1 is 0.951 bits per heavy atom. The van der Waals surface area contributed by atoms with Gasteiger partial charge in [-0.25, -0.2) is 13.8 Å². The minimum Gasteiger partial charge on any atom is -0.492 e. The normalized spacial score (nSPS) is 11.6. The maximum atomic E-state index is 13.7. The number of nitrogens with one attached hydrogen (secondary N) is 1. The van der Waals surface area contributed by atoms with Gasteiger partial charge in [-0.15, -0.1) is 0 Å². The van der Waals surface area contributed by atoms with Crippen LogP contribution in [0.15, 0.2) is 82.8 Å². The summed E-state index contributed by atoms with van der Waals surface area (Å²) in [4.78, 5) is 13.2. The second-order valence-corrected chi connectivity index (χ2v) is 11.8. The van der Waals surface area contributed by atoms with E-state index in [1.165, 1.54) is 23.3 Å². The number of hydrazone groups is 1. The van der Waals surface area contributed by atoms with E-state index in [2.05, 4.69) is 47.1 Å². The van der Waals surface area contributed by atoms with E-state index in [0.29, 0.717) is 12.4 Å². The summed E-state index contributed by atoms with van der Waals surface area (Å²) in [5.74, 6) is -0.230. The van der Waals surface area contributed by atoms with Gasteiger partial charge in [0.25, 0.3) is 15.9 Å². The van der Waals surface area contributed by atoms with E-state index in [4.69, 9.17) is 4.74 Å². The zero-order chi connectivity index (χ0) is 29.7. The topological polar surface area (TPSA) is 93.0 Å². The van der Waals surface area contributed by atoms with Gasteiger partial charge in [0.2, 0.25) is 0 Å². The highest BCUT2D eigenvalue weighted by Crippen LogP contribution is 2.32. The molecule has 0 unspecified atom stereocenters. The first-order chi connectivity index (χ1) is 19.5. The van der Waals surface area contributed by atoms with Crippen LogP contribution in [-0.4, -0.2) is 38.3 Å². The van der Waals surface area contributed by atoms with Crippen LogP contribution < -0.4 is 14.5 Å². The summed E-state index contributed by atoms with van der Waals surface area (Å²) in [5.41, 5.74) is 10.0. The Bertz CT molecular complexity index is 1690. The molecule has 1 aromatic heterocycles. The van der Waals surface area contributed by atoms with Gasteiger partial charge in [0, 0.05) is 22.6 Å². The van der Waals surface area contributed by atoms with Gasteiger partial charge < -0.3 is 9.30 Å². The van der Waals surface area contributed by atoms with Crippen molar-refractivity contribution < 1.29 is 17.9 Å². The van der Waals surface area contributed by atoms with Gasteiger partial charge in [0.05, 0.1) is 23.4 Å². The predicted molar refractivity (Wildman–Crippen MR) is 164 cm³/mol. The summed E-state index contributed by atoms with van der Waals surface area (Å²) in [6, 6.07) is 21.6. The molecule has 41 heavy (non-hydrogen) atoms. The molecule has 4 aromatic rings. The number of carbonyl (C=O) groups is 1. The van der Waals surface area contributed by atoms with Crippen molar-refractivity contribution >= 4 is 27.8 Å². The van der Waals surface area contributed by atoms with Gasteiger partial charge in [-0.05, 0) is 95.1 Å². The molecule has 9 heteroatoms. The highest BCUT2D eigenvalue weighted by atomic mass is 32.2. The third-order valence-electron chi connectivity index (χ3n) is 6.94. The molecule has 4 rings (SSSR count).